The number of hydrogen-bond donors (Lipinski definition) is 0. The van der Waals surface area contributed by atoms with Crippen molar-refractivity contribution in [2.75, 3.05) is 0 Å². The summed E-state index contributed by atoms with van der Waals surface area (Å²) >= 11 is -3.08. The van der Waals surface area contributed by atoms with Gasteiger partial charge >= 0.3 is 537 Å². The SMILES string of the molecule is CCCCCCCCCCC1(CCCCCCCCCC)c2cc3c(cc2-c2c1c[c]([Sn]([CH2]CCC)([CH2]CCC)[CH2]CCC)c1nsnc21)C(CCCCCCCCCC)(CCCCCCCCCC)c1c[c]([Sn]([CH2]CCC)([CH2]CCC)[CH2]CCC)c2nsnc2c1-3. The molecule has 0 spiro atoms. The summed E-state index contributed by atoms with van der Waals surface area (Å²) in [6.07, 6.45) is 64.7. The molecule has 2 aromatic heterocycles. The molecule has 2 heterocycles. The quantitative estimate of drug-likeness (QED) is 0.0288. The Hall–Kier alpha value is -1.10. The number of aromatic nitrogens is 4. The number of unbranched alkanes of at least 4 members (excludes halogenated alkanes) is 34. The van der Waals surface area contributed by atoms with E-state index in [1.165, 1.54) is 368 Å². The van der Waals surface area contributed by atoms with Crippen molar-refractivity contribution in [1.29, 1.82) is 0 Å². The van der Waals surface area contributed by atoms with Crippen LogP contribution in [0.25, 0.3) is 44.3 Å². The topological polar surface area (TPSA) is 51.6 Å². The minimum absolute atomic E-state index is 0.0546. The first-order valence-corrected chi connectivity index (χ1v) is 57.5. The van der Waals surface area contributed by atoms with Gasteiger partial charge in [-0.25, -0.2) is 0 Å². The van der Waals surface area contributed by atoms with Crippen LogP contribution in [0.1, 0.15) is 400 Å². The van der Waals surface area contributed by atoms with Gasteiger partial charge in [0.15, 0.2) is 0 Å². The normalized spacial score (nSPS) is 14.1. The summed E-state index contributed by atoms with van der Waals surface area (Å²) in [5.74, 6) is 0. The van der Waals surface area contributed by atoms with Crippen LogP contribution in [-0.2, 0) is 10.8 Å². The van der Waals surface area contributed by atoms with Crippen LogP contribution in [0.3, 0.4) is 0 Å². The van der Waals surface area contributed by atoms with Crippen LogP contribution >= 0.6 is 23.5 Å². The summed E-state index contributed by atoms with van der Waals surface area (Å²) in [6.45, 7) is 24.3. The fourth-order valence-electron chi connectivity index (χ4n) is 18.3. The van der Waals surface area contributed by atoms with Gasteiger partial charge in [-0.1, -0.05) is 53.4 Å². The molecule has 0 saturated heterocycles. The maximum atomic E-state index is 5.72. The summed E-state index contributed by atoms with van der Waals surface area (Å²) in [4.78, 5) is 0. The van der Waals surface area contributed by atoms with Gasteiger partial charge in [-0.05, 0) is 0 Å². The van der Waals surface area contributed by atoms with Crippen molar-refractivity contribution in [2.24, 2.45) is 0 Å². The molecule has 7 rings (SSSR count). The van der Waals surface area contributed by atoms with Crippen molar-refractivity contribution in [2.45, 2.75) is 415 Å². The summed E-state index contributed by atoms with van der Waals surface area (Å²) in [6, 6.07) is 12.0. The third kappa shape index (κ3) is 20.1. The van der Waals surface area contributed by atoms with E-state index < -0.39 is 36.8 Å². The first-order valence-electron chi connectivity index (χ1n) is 41.0. The Bertz CT molecular complexity index is 2550. The van der Waals surface area contributed by atoms with Gasteiger partial charge in [0.05, 0.1) is 0 Å². The van der Waals surface area contributed by atoms with Gasteiger partial charge in [0.2, 0.25) is 0 Å². The standard InChI is InChI=1S/C60H88N4S2.6C4H9.2Sn/c1-5-9-13-17-21-25-29-33-41-59(42-34-30-26-22-18-14-10-6-2)49-37-39-53-57(63-65-61-53)55(49)47-46-52-48(45-51(47)59)56-50(38-40-54-58(56)64-66-62-54)60(52,43-35-31-27-23-19-15-11-7-3)44-36-32-28-24-20-16-12-8-4;6*1-3-4-2;;/h37-38,45-46H,5-36,41-44H2,1-4H3;6*1,3-4H2,2H3;;. The molecule has 0 unspecified atom stereocenters. The Balaban J connectivity index is 1.56. The van der Waals surface area contributed by atoms with Gasteiger partial charge in [-0.15, -0.1) is 0 Å². The van der Waals surface area contributed by atoms with Crippen molar-refractivity contribution in [3.8, 4) is 22.3 Å². The Morgan fingerprint density at radius 2 is 0.467 bits per heavy atom. The molecule has 0 amide bonds. The summed E-state index contributed by atoms with van der Waals surface area (Å²) < 4.78 is 35.1. The monoisotopic (exact) mass is 1510 g/mol. The Morgan fingerprint density at radius 1 is 0.250 bits per heavy atom. The van der Waals surface area contributed by atoms with Crippen molar-refractivity contribution in [1.82, 2.24) is 17.5 Å². The van der Waals surface area contributed by atoms with E-state index in [0.717, 1.165) is 0 Å². The van der Waals surface area contributed by atoms with Crippen LogP contribution < -0.4 is 7.16 Å². The molecule has 0 fully saturated rings. The molecule has 518 valence electrons. The van der Waals surface area contributed by atoms with Crippen molar-refractivity contribution in [3.05, 3.63) is 46.5 Å². The first-order chi connectivity index (χ1) is 45.2. The molecule has 0 atom stereocenters. The zero-order chi connectivity index (χ0) is 65.3. The van der Waals surface area contributed by atoms with E-state index in [2.05, 4.69) is 93.5 Å². The first kappa shape index (κ1) is 78.2. The van der Waals surface area contributed by atoms with Gasteiger partial charge in [0.25, 0.3) is 0 Å². The molecule has 0 aliphatic heterocycles. The fraction of sp³-hybridized carbons (Fsp3) is 0.786. The zero-order valence-corrected chi connectivity index (χ0v) is 69.4. The molecule has 92 heavy (non-hydrogen) atoms. The van der Waals surface area contributed by atoms with Crippen LogP contribution in [0.4, 0.5) is 0 Å². The van der Waals surface area contributed by atoms with E-state index in [-0.39, 0.29) is 10.8 Å². The molecule has 2 aliphatic carbocycles. The molecule has 0 N–H and O–H groups in total. The van der Waals surface area contributed by atoms with Crippen LogP contribution in [0, 0.1) is 0 Å². The van der Waals surface area contributed by atoms with Crippen molar-refractivity contribution in [3.63, 3.8) is 0 Å². The maximum absolute atomic E-state index is 5.72. The molecule has 4 nitrogen and oxygen atoms in total. The van der Waals surface area contributed by atoms with Gasteiger partial charge in [-0.2, -0.15) is 0 Å². The van der Waals surface area contributed by atoms with E-state index in [1.54, 1.807) is 64.0 Å². The van der Waals surface area contributed by atoms with Crippen LogP contribution in [0.2, 0.25) is 26.6 Å². The molecule has 2 aliphatic rings. The number of benzene rings is 3. The second-order valence-electron chi connectivity index (χ2n) is 30.8. The van der Waals surface area contributed by atoms with Crippen LogP contribution in [0.15, 0.2) is 24.3 Å². The van der Waals surface area contributed by atoms with Crippen molar-refractivity contribution < 1.29 is 0 Å². The Morgan fingerprint density at radius 3 is 0.707 bits per heavy atom. The third-order valence-corrected chi connectivity index (χ3v) is 56.1. The predicted octanol–water partition coefficient (Wildman–Crippen LogP) is 28.5. The molecular weight excluding hydrogens is 1370 g/mol. The van der Waals surface area contributed by atoms with Gasteiger partial charge in [0, 0.05) is 0 Å². The van der Waals surface area contributed by atoms with Crippen LogP contribution in [-0.4, -0.2) is 54.2 Å². The predicted molar refractivity (Wildman–Crippen MR) is 419 cm³/mol. The van der Waals surface area contributed by atoms with E-state index in [4.69, 9.17) is 17.5 Å². The second kappa shape index (κ2) is 42.8. The molecule has 0 saturated carbocycles. The number of rotatable bonds is 56. The third-order valence-electron chi connectivity index (χ3n) is 23.9. The summed E-state index contributed by atoms with van der Waals surface area (Å²) in [7, 11) is 0. The van der Waals surface area contributed by atoms with E-state index in [0.29, 0.717) is 0 Å². The van der Waals surface area contributed by atoms with Gasteiger partial charge in [0.1, 0.15) is 0 Å². The van der Waals surface area contributed by atoms with Crippen LogP contribution in [0.5, 0.6) is 0 Å². The fourth-order valence-corrected chi connectivity index (χ4v) is 52.9. The second-order valence-corrected chi connectivity index (χ2v) is 58.1. The average Bonchev–Trinajstić information content (AvgIpc) is 1.52. The molecule has 3 aromatic carbocycles. The molecule has 0 bridgehead atoms. The summed E-state index contributed by atoms with van der Waals surface area (Å²) in [5.41, 5.74) is 18.3. The number of nitrogens with zero attached hydrogens (tertiary/aromatic N) is 4. The number of fused-ring (bicyclic) bond motifs is 10. The molecule has 0 radical (unpaired) electrons. The van der Waals surface area contributed by atoms with E-state index in [9.17, 15) is 0 Å². The average molecular weight is 1510 g/mol. The van der Waals surface area contributed by atoms with Crippen molar-refractivity contribution >= 4 is 89.4 Å². The minimum atomic E-state index is -3.11. The molecular formula is C84H142N4S2Sn2. The zero-order valence-electron chi connectivity index (χ0n) is 62.1. The summed E-state index contributed by atoms with van der Waals surface area (Å²) in [5, 5.41) is 0. The Kier molecular flexibility index (Phi) is 36.4. The number of hydrogen-bond acceptors (Lipinski definition) is 6. The molecule has 5 aromatic rings. The van der Waals surface area contributed by atoms with E-state index >= 15 is 0 Å². The Labute approximate surface area is 585 Å². The van der Waals surface area contributed by atoms with Gasteiger partial charge in [-0.3, -0.25) is 0 Å². The van der Waals surface area contributed by atoms with E-state index in [1.807, 2.05) is 0 Å². The van der Waals surface area contributed by atoms with Gasteiger partial charge < -0.3 is 0 Å². The molecule has 8 heteroatoms.